The van der Waals surface area contributed by atoms with Crippen molar-refractivity contribution in [3.05, 3.63) is 115 Å². The van der Waals surface area contributed by atoms with E-state index in [2.05, 4.69) is 82.5 Å². The van der Waals surface area contributed by atoms with E-state index in [1.165, 1.54) is 16.7 Å². The number of hydrogen-bond acceptors (Lipinski definition) is 4. The van der Waals surface area contributed by atoms with Crippen LogP contribution in [-0.4, -0.2) is 56.4 Å². The fourth-order valence-corrected chi connectivity index (χ4v) is 8.38. The number of aryl methyl sites for hydroxylation is 3. The van der Waals surface area contributed by atoms with Crippen molar-refractivity contribution in [3.63, 3.8) is 0 Å². The maximum Gasteiger partial charge on any atom is 0.240 e. The molecule has 0 saturated carbocycles. The summed E-state index contributed by atoms with van der Waals surface area (Å²) in [5.41, 5.74) is 6.10. The molecule has 1 aliphatic carbocycles. The van der Waals surface area contributed by atoms with Gasteiger partial charge in [-0.05, 0) is 108 Å². The Morgan fingerprint density at radius 3 is 2.72 bits per heavy atom. The lowest BCUT2D eigenvalue weighted by atomic mass is 9.74. The molecule has 6 rings (SSSR count). The molecule has 3 atom stereocenters. The van der Waals surface area contributed by atoms with Crippen molar-refractivity contribution >= 4 is 49.4 Å². The number of likely N-dealkylation sites (N-methyl/N-ethyl adjacent to an activating group) is 1. The number of nitrogens with zero attached hydrogens (tertiary/aromatic N) is 5. The second-order valence-electron chi connectivity index (χ2n) is 11.8. The molecule has 43 heavy (non-hydrogen) atoms. The van der Waals surface area contributed by atoms with Gasteiger partial charge in [-0.25, -0.2) is 4.98 Å². The molecule has 1 aliphatic heterocycles. The third-order valence-electron chi connectivity index (χ3n) is 9.02. The number of pyridine rings is 1. The van der Waals surface area contributed by atoms with E-state index >= 15 is 0 Å². The van der Waals surface area contributed by atoms with Crippen LogP contribution in [0.2, 0.25) is 5.02 Å². The highest BCUT2D eigenvalue weighted by molar-refractivity contribution is 9.10. The highest BCUT2D eigenvalue weighted by Gasteiger charge is 2.41. The Labute approximate surface area is 275 Å². The summed E-state index contributed by atoms with van der Waals surface area (Å²) < 4.78 is 4.10. The van der Waals surface area contributed by atoms with E-state index in [9.17, 15) is 4.79 Å². The number of halogens is 3. The normalized spacial score (nSPS) is 20.2. The van der Waals surface area contributed by atoms with Crippen LogP contribution in [0.4, 0.5) is 0 Å². The van der Waals surface area contributed by atoms with Gasteiger partial charge in [0.25, 0.3) is 0 Å². The second kappa shape index (κ2) is 13.6. The highest BCUT2D eigenvalue weighted by atomic mass is 79.9. The van der Waals surface area contributed by atoms with Gasteiger partial charge >= 0.3 is 0 Å². The molecule has 3 heterocycles. The standard InChI is InChI=1S/C34H36Br2ClN5O/c1-40-14-10-25(32-31-24(17-28(37)19-29(31)36)8-9-26-16-27(35)20-39-33(26)32)18-30(40)34(43)42(21-23-6-3-2-4-7-23)13-5-12-41-15-11-38-22-41/h2-4,6-7,11,15-17,19-20,22,25,30,32H,5,8-10,12-14,18,21H2,1H3/t25?,30-,32-/m1/s1. The maximum absolute atomic E-state index is 14.5. The fraction of sp³-hybridized carbons (Fsp3) is 0.382. The fourth-order valence-electron chi connectivity index (χ4n) is 6.88. The van der Waals surface area contributed by atoms with E-state index in [1.54, 1.807) is 6.20 Å². The van der Waals surface area contributed by atoms with Crippen LogP contribution in [0.5, 0.6) is 0 Å². The minimum Gasteiger partial charge on any atom is -0.337 e. The SMILES string of the molecule is CN1CCC([C@H]2c3ncc(Br)cc3CCc3cc(Cl)cc(Br)c32)C[C@@H]1C(=O)N(CCCn1ccnc1)Cc1ccccc1. The molecule has 1 unspecified atom stereocenters. The average Bonchev–Trinajstić information content (AvgIpc) is 3.46. The predicted octanol–water partition coefficient (Wildman–Crippen LogP) is 7.52. The lowest BCUT2D eigenvalue weighted by Crippen LogP contribution is -2.51. The van der Waals surface area contributed by atoms with Gasteiger partial charge in [-0.3, -0.25) is 14.7 Å². The number of aromatic nitrogens is 3. The van der Waals surface area contributed by atoms with Crippen LogP contribution >= 0.6 is 43.5 Å². The summed E-state index contributed by atoms with van der Waals surface area (Å²) in [6.07, 6.45) is 12.0. The van der Waals surface area contributed by atoms with Crippen LogP contribution in [0.1, 0.15) is 53.1 Å². The summed E-state index contributed by atoms with van der Waals surface area (Å²) >= 11 is 14.1. The van der Waals surface area contributed by atoms with E-state index in [-0.39, 0.29) is 23.8 Å². The average molecular weight is 726 g/mol. The van der Waals surface area contributed by atoms with Crippen LogP contribution < -0.4 is 0 Å². The third-order valence-corrected chi connectivity index (χ3v) is 10.3. The van der Waals surface area contributed by atoms with Crippen molar-refractivity contribution in [2.24, 2.45) is 5.92 Å². The Hall–Kier alpha value is -2.52. The zero-order valence-corrected chi connectivity index (χ0v) is 28.2. The Bertz CT molecular complexity index is 1560. The zero-order chi connectivity index (χ0) is 29.9. The largest absolute Gasteiger partial charge is 0.337 e. The molecule has 9 heteroatoms. The number of carbonyl (C=O) groups excluding carboxylic acids is 1. The molecule has 0 N–H and O–H groups in total. The van der Waals surface area contributed by atoms with Crippen LogP contribution in [0.3, 0.4) is 0 Å². The summed E-state index contributed by atoms with van der Waals surface area (Å²) in [7, 11) is 2.10. The van der Waals surface area contributed by atoms with Crippen molar-refractivity contribution < 1.29 is 4.79 Å². The minimum atomic E-state index is -0.201. The molecule has 0 radical (unpaired) electrons. The highest BCUT2D eigenvalue weighted by Crippen LogP contribution is 2.47. The number of fused-ring (bicyclic) bond motifs is 2. The monoisotopic (exact) mass is 723 g/mol. The number of likely N-dealkylation sites (tertiary alicyclic amines) is 1. The number of benzene rings is 2. The Balaban J connectivity index is 1.30. The van der Waals surface area contributed by atoms with Crippen LogP contribution in [-0.2, 0) is 30.7 Å². The number of hydrogen-bond donors (Lipinski definition) is 0. The first kappa shape index (κ1) is 30.5. The molecule has 0 bridgehead atoms. The molecular weight excluding hydrogens is 690 g/mol. The molecule has 1 fully saturated rings. The molecule has 0 spiro atoms. The predicted molar refractivity (Wildman–Crippen MR) is 178 cm³/mol. The van der Waals surface area contributed by atoms with Gasteiger partial charge in [0, 0.05) is 58.1 Å². The van der Waals surface area contributed by atoms with E-state index < -0.39 is 0 Å². The van der Waals surface area contributed by atoms with Crippen molar-refractivity contribution in [2.75, 3.05) is 20.1 Å². The summed E-state index contributed by atoms with van der Waals surface area (Å²) in [6, 6.07) is 16.5. The molecule has 4 aromatic rings. The first-order valence-electron chi connectivity index (χ1n) is 15.0. The van der Waals surface area contributed by atoms with Gasteiger partial charge in [0.05, 0.1) is 18.1 Å². The number of rotatable bonds is 8. The van der Waals surface area contributed by atoms with Crippen molar-refractivity contribution in [3.8, 4) is 0 Å². The van der Waals surface area contributed by atoms with Gasteiger partial charge in [0.1, 0.15) is 0 Å². The van der Waals surface area contributed by atoms with Gasteiger partial charge in [-0.15, -0.1) is 0 Å². The molecular formula is C34H36Br2ClN5O. The summed E-state index contributed by atoms with van der Waals surface area (Å²) in [5, 5.41) is 0.744. The molecule has 2 aliphatic rings. The molecule has 1 amide bonds. The van der Waals surface area contributed by atoms with Gasteiger partial charge in [0.15, 0.2) is 0 Å². The molecule has 2 aromatic heterocycles. The number of amides is 1. The van der Waals surface area contributed by atoms with Gasteiger partial charge in [-0.2, -0.15) is 0 Å². The Kier molecular flexibility index (Phi) is 9.67. The summed E-state index contributed by atoms with van der Waals surface area (Å²) in [5.74, 6) is 0.547. The van der Waals surface area contributed by atoms with Crippen LogP contribution in [0.15, 0.2) is 82.4 Å². The van der Waals surface area contributed by atoms with Crippen molar-refractivity contribution in [1.29, 1.82) is 0 Å². The molecule has 224 valence electrons. The number of imidazole rings is 1. The summed E-state index contributed by atoms with van der Waals surface area (Å²) in [4.78, 5) is 28.0. The quantitative estimate of drug-likeness (QED) is 0.189. The first-order valence-corrected chi connectivity index (χ1v) is 16.9. The smallest absolute Gasteiger partial charge is 0.240 e. The maximum atomic E-state index is 14.5. The second-order valence-corrected chi connectivity index (χ2v) is 14.0. The lowest BCUT2D eigenvalue weighted by molar-refractivity contribution is -0.139. The van der Waals surface area contributed by atoms with Gasteiger partial charge in [-0.1, -0.05) is 57.9 Å². The van der Waals surface area contributed by atoms with Crippen molar-refractivity contribution in [1.82, 2.24) is 24.3 Å². The first-order chi connectivity index (χ1) is 20.9. The van der Waals surface area contributed by atoms with Gasteiger partial charge in [0.2, 0.25) is 5.91 Å². The topological polar surface area (TPSA) is 54.3 Å². The Morgan fingerprint density at radius 1 is 1.12 bits per heavy atom. The molecule has 2 aromatic carbocycles. The third kappa shape index (κ3) is 6.93. The van der Waals surface area contributed by atoms with Crippen LogP contribution in [0, 0.1) is 5.92 Å². The van der Waals surface area contributed by atoms with Crippen LogP contribution in [0.25, 0.3) is 0 Å². The molecule has 1 saturated heterocycles. The zero-order valence-electron chi connectivity index (χ0n) is 24.3. The number of piperidine rings is 1. The van der Waals surface area contributed by atoms with Gasteiger partial charge < -0.3 is 9.47 Å². The van der Waals surface area contributed by atoms with Crippen molar-refractivity contribution in [2.45, 2.75) is 57.2 Å². The minimum absolute atomic E-state index is 0.0834. The van der Waals surface area contributed by atoms with E-state index in [1.807, 2.05) is 43.0 Å². The van der Waals surface area contributed by atoms with E-state index in [4.69, 9.17) is 16.6 Å². The number of carbonyl (C=O) groups is 1. The summed E-state index contributed by atoms with van der Waals surface area (Å²) in [6.45, 7) is 2.98. The molecule has 6 nitrogen and oxygen atoms in total. The van der Waals surface area contributed by atoms with E-state index in [0.29, 0.717) is 13.1 Å². The lowest BCUT2D eigenvalue weighted by Gasteiger charge is -2.42. The van der Waals surface area contributed by atoms with E-state index in [0.717, 1.165) is 70.4 Å². The Morgan fingerprint density at radius 2 is 1.93 bits per heavy atom.